The van der Waals surface area contributed by atoms with Crippen molar-refractivity contribution in [2.24, 2.45) is 14.1 Å². The van der Waals surface area contributed by atoms with Crippen LogP contribution in [0.15, 0.2) is 139 Å². The Kier molecular flexibility index (Phi) is 6.82. The summed E-state index contributed by atoms with van der Waals surface area (Å²) in [5, 5.41) is 2.27. The molecule has 0 saturated carbocycles. The van der Waals surface area contributed by atoms with Gasteiger partial charge >= 0.3 is 0 Å². The number of para-hydroxylation sites is 2. The fraction of sp³-hybridized carbons (Fsp3) is 0.0667. The van der Waals surface area contributed by atoms with Crippen LogP contribution < -0.4 is 0 Å². The van der Waals surface area contributed by atoms with Crippen LogP contribution in [0.1, 0.15) is 0 Å². The summed E-state index contributed by atoms with van der Waals surface area (Å²) in [6.07, 6.45) is 0. The van der Waals surface area contributed by atoms with Crippen LogP contribution in [-0.4, -0.2) is 26.0 Å². The third-order valence-corrected chi connectivity index (χ3v) is 13.4. The number of rotatable bonds is 7. The SMILES string of the molecule is Cn1c(SSc2c(S(=O)(=O)c3ccccc3)c3ccccc3n2C)c(S(=O)(=O)c2ccccc2)c2ccccc21. The topological polar surface area (TPSA) is 78.1 Å². The molecule has 0 spiro atoms. The van der Waals surface area contributed by atoms with E-state index >= 15 is 0 Å². The molecule has 40 heavy (non-hydrogen) atoms. The molecule has 10 heteroatoms. The normalized spacial score (nSPS) is 12.3. The third-order valence-electron chi connectivity index (χ3n) is 6.86. The number of benzene rings is 4. The molecule has 2 heterocycles. The summed E-state index contributed by atoms with van der Waals surface area (Å²) in [5.74, 6) is 0. The molecule has 0 radical (unpaired) electrons. The lowest BCUT2D eigenvalue weighted by molar-refractivity contribution is 0.591. The first-order valence-corrected chi connectivity index (χ1v) is 17.4. The summed E-state index contributed by atoms with van der Waals surface area (Å²) in [6.45, 7) is 0. The second-order valence-electron chi connectivity index (χ2n) is 9.22. The van der Waals surface area contributed by atoms with Crippen LogP contribution in [0.5, 0.6) is 0 Å². The average molecular weight is 605 g/mol. The Morgan fingerprint density at radius 2 is 0.800 bits per heavy atom. The summed E-state index contributed by atoms with van der Waals surface area (Å²) < 4.78 is 59.6. The minimum absolute atomic E-state index is 0.204. The van der Waals surface area contributed by atoms with E-state index in [1.165, 1.54) is 21.6 Å². The Morgan fingerprint density at radius 1 is 0.475 bits per heavy atom. The monoisotopic (exact) mass is 604 g/mol. The number of fused-ring (bicyclic) bond motifs is 2. The molecule has 6 aromatic rings. The minimum Gasteiger partial charge on any atom is -0.337 e. The summed E-state index contributed by atoms with van der Waals surface area (Å²) in [5.41, 5.74) is 1.54. The lowest BCUT2D eigenvalue weighted by atomic mass is 10.2. The molecule has 0 amide bonds. The Balaban J connectivity index is 1.54. The van der Waals surface area contributed by atoms with Crippen molar-refractivity contribution in [3.63, 3.8) is 0 Å². The molecule has 0 aliphatic heterocycles. The van der Waals surface area contributed by atoms with Crippen molar-refractivity contribution in [1.82, 2.24) is 9.13 Å². The highest BCUT2D eigenvalue weighted by atomic mass is 33.1. The van der Waals surface area contributed by atoms with Gasteiger partial charge in [0.05, 0.1) is 9.79 Å². The van der Waals surface area contributed by atoms with E-state index in [0.717, 1.165) is 11.0 Å². The predicted octanol–water partition coefficient (Wildman–Crippen LogP) is 7.14. The van der Waals surface area contributed by atoms with Gasteiger partial charge in [-0.25, -0.2) is 16.8 Å². The van der Waals surface area contributed by atoms with Crippen LogP contribution >= 0.6 is 21.6 Å². The van der Waals surface area contributed by atoms with E-state index in [-0.39, 0.29) is 19.6 Å². The second-order valence-corrected chi connectivity index (χ2v) is 15.1. The van der Waals surface area contributed by atoms with Gasteiger partial charge in [-0.2, -0.15) is 0 Å². The molecule has 0 saturated heterocycles. The van der Waals surface area contributed by atoms with Crippen LogP contribution in [0.25, 0.3) is 21.8 Å². The smallest absolute Gasteiger partial charge is 0.209 e. The lowest BCUT2D eigenvalue weighted by Crippen LogP contribution is -2.04. The van der Waals surface area contributed by atoms with E-state index in [4.69, 9.17) is 0 Å². The van der Waals surface area contributed by atoms with E-state index < -0.39 is 19.7 Å². The summed E-state index contributed by atoms with van der Waals surface area (Å²) in [7, 11) is -1.60. The van der Waals surface area contributed by atoms with Gasteiger partial charge in [0.1, 0.15) is 19.8 Å². The first kappa shape index (κ1) is 26.8. The fourth-order valence-corrected chi connectivity index (χ4v) is 11.9. The Morgan fingerprint density at radius 3 is 1.18 bits per heavy atom. The number of sulfone groups is 2. The highest BCUT2D eigenvalue weighted by Gasteiger charge is 2.32. The van der Waals surface area contributed by atoms with Crippen LogP contribution in [0, 0.1) is 0 Å². The molecule has 0 atom stereocenters. The zero-order valence-electron chi connectivity index (χ0n) is 21.6. The average Bonchev–Trinajstić information content (AvgIpc) is 3.44. The molecule has 0 aliphatic carbocycles. The molecule has 0 fully saturated rings. The highest BCUT2D eigenvalue weighted by Crippen LogP contribution is 2.49. The van der Waals surface area contributed by atoms with E-state index in [1.807, 2.05) is 71.8 Å². The van der Waals surface area contributed by atoms with Gasteiger partial charge < -0.3 is 9.13 Å². The minimum atomic E-state index is -3.88. The van der Waals surface area contributed by atoms with E-state index in [0.29, 0.717) is 20.8 Å². The van der Waals surface area contributed by atoms with Crippen LogP contribution in [0.3, 0.4) is 0 Å². The Labute approximate surface area is 240 Å². The lowest BCUT2D eigenvalue weighted by Gasteiger charge is -2.11. The number of aromatic nitrogens is 2. The van der Waals surface area contributed by atoms with Crippen molar-refractivity contribution in [2.75, 3.05) is 0 Å². The van der Waals surface area contributed by atoms with Crippen molar-refractivity contribution < 1.29 is 16.8 Å². The third kappa shape index (κ3) is 4.26. The first-order chi connectivity index (χ1) is 19.2. The molecule has 4 aromatic carbocycles. The van der Waals surface area contributed by atoms with E-state index in [9.17, 15) is 16.8 Å². The zero-order chi connectivity index (χ0) is 28.1. The van der Waals surface area contributed by atoms with Gasteiger partial charge in [0.15, 0.2) is 0 Å². The van der Waals surface area contributed by atoms with Crippen LogP contribution in [-0.2, 0) is 33.8 Å². The van der Waals surface area contributed by atoms with Crippen molar-refractivity contribution in [2.45, 2.75) is 29.6 Å². The fourth-order valence-electron chi connectivity index (χ4n) is 4.89. The van der Waals surface area contributed by atoms with Gasteiger partial charge in [0.25, 0.3) is 0 Å². The summed E-state index contributed by atoms with van der Waals surface area (Å²) in [4.78, 5) is 0.825. The molecule has 0 unspecified atom stereocenters. The maximum absolute atomic E-state index is 14.0. The van der Waals surface area contributed by atoms with E-state index in [2.05, 4.69) is 0 Å². The van der Waals surface area contributed by atoms with Crippen molar-refractivity contribution in [3.8, 4) is 0 Å². The number of hydrogen-bond acceptors (Lipinski definition) is 6. The van der Waals surface area contributed by atoms with Crippen molar-refractivity contribution >= 4 is 63.1 Å². The maximum Gasteiger partial charge on any atom is 0.209 e. The largest absolute Gasteiger partial charge is 0.337 e. The van der Waals surface area contributed by atoms with Crippen molar-refractivity contribution in [3.05, 3.63) is 109 Å². The van der Waals surface area contributed by atoms with Crippen molar-refractivity contribution in [1.29, 1.82) is 0 Å². The van der Waals surface area contributed by atoms with Gasteiger partial charge in [-0.1, -0.05) is 72.8 Å². The quantitative estimate of drug-likeness (QED) is 0.180. The van der Waals surface area contributed by atoms with E-state index in [1.54, 1.807) is 60.7 Å². The summed E-state index contributed by atoms with van der Waals surface area (Å²) in [6, 6.07) is 31.5. The standard InChI is InChI=1S/C30H24N2O4S4/c1-31-25-19-11-9-17-23(25)27(39(33,34)21-13-5-3-6-14-21)29(31)37-38-30-28(24-18-10-12-20-26(24)32(30)2)40(35,36)22-15-7-4-8-16-22/h3-20H,1-2H3. The Hall–Kier alpha value is -3.44. The molecule has 0 N–H and O–H groups in total. The molecule has 0 bridgehead atoms. The second kappa shape index (κ2) is 10.2. The summed E-state index contributed by atoms with van der Waals surface area (Å²) >= 11 is 0. The van der Waals surface area contributed by atoms with Gasteiger partial charge in [0.2, 0.25) is 19.7 Å². The zero-order valence-corrected chi connectivity index (χ0v) is 24.8. The van der Waals surface area contributed by atoms with Gasteiger partial charge in [-0.15, -0.1) is 0 Å². The molecule has 202 valence electrons. The molecule has 6 rings (SSSR count). The number of aryl methyl sites for hydroxylation is 2. The molecule has 6 nitrogen and oxygen atoms in total. The molecular weight excluding hydrogens is 581 g/mol. The van der Waals surface area contributed by atoms with Gasteiger partial charge in [-0.3, -0.25) is 0 Å². The van der Waals surface area contributed by atoms with Crippen LogP contribution in [0.2, 0.25) is 0 Å². The number of hydrogen-bond donors (Lipinski definition) is 0. The number of nitrogens with zero attached hydrogens (tertiary/aromatic N) is 2. The molecule has 0 aliphatic rings. The molecular formula is C30H24N2O4S4. The van der Waals surface area contributed by atoms with Gasteiger partial charge in [0, 0.05) is 35.9 Å². The Bertz CT molecular complexity index is 1950. The van der Waals surface area contributed by atoms with Gasteiger partial charge in [-0.05, 0) is 58.0 Å². The highest BCUT2D eigenvalue weighted by molar-refractivity contribution is 8.76. The molecule has 2 aromatic heterocycles. The maximum atomic E-state index is 14.0. The van der Waals surface area contributed by atoms with Crippen LogP contribution in [0.4, 0.5) is 0 Å². The predicted molar refractivity (Wildman–Crippen MR) is 161 cm³/mol. The first-order valence-electron chi connectivity index (χ1n) is 12.3.